The zero-order valence-electron chi connectivity index (χ0n) is 18.5. The highest BCUT2D eigenvalue weighted by atomic mass is 16.5. The first-order valence-corrected chi connectivity index (χ1v) is 10.4. The molecular weight excluding hydrogens is 386 g/mol. The first-order chi connectivity index (χ1) is 14.9. The van der Waals surface area contributed by atoms with Gasteiger partial charge in [0.05, 0.1) is 0 Å². The topological polar surface area (TPSA) is 36.7 Å². The van der Waals surface area contributed by atoms with E-state index >= 15 is 0 Å². The fraction of sp³-hybridized carbons (Fsp3) is 0.231. The van der Waals surface area contributed by atoms with Crippen molar-refractivity contribution in [1.29, 1.82) is 0 Å². The summed E-state index contributed by atoms with van der Waals surface area (Å²) in [7, 11) is 8.07. The maximum Gasteiger partial charge on any atom is 0.373 e. The Morgan fingerprint density at radius 3 is 1.84 bits per heavy atom. The van der Waals surface area contributed by atoms with Crippen LogP contribution in [-0.4, -0.2) is 34.2 Å². The zero-order chi connectivity index (χ0) is 22.0. The number of ether oxygens (including phenoxy) is 1. The van der Waals surface area contributed by atoms with Crippen LogP contribution in [0.3, 0.4) is 0 Å². The van der Waals surface area contributed by atoms with Crippen molar-refractivity contribution in [2.24, 2.45) is 0 Å². The SMILES string of the molecule is CN(C)c1ccc2cc3ccc(N(C)C)cc3[n+](CC(=O)OCc3ccccc3)c2c1. The van der Waals surface area contributed by atoms with Gasteiger partial charge in [-0.2, -0.15) is 4.57 Å². The molecule has 1 heterocycles. The molecule has 5 nitrogen and oxygen atoms in total. The highest BCUT2D eigenvalue weighted by Gasteiger charge is 2.21. The molecule has 0 N–H and O–H groups in total. The van der Waals surface area contributed by atoms with Crippen LogP contribution < -0.4 is 14.4 Å². The molecule has 0 aliphatic rings. The summed E-state index contributed by atoms with van der Waals surface area (Å²) in [6, 6.07) is 24.6. The fourth-order valence-electron chi connectivity index (χ4n) is 3.71. The number of carbonyl (C=O) groups is 1. The van der Waals surface area contributed by atoms with E-state index in [1.165, 1.54) is 0 Å². The average molecular weight is 415 g/mol. The number of rotatable bonds is 6. The summed E-state index contributed by atoms with van der Waals surface area (Å²) in [4.78, 5) is 17.0. The highest BCUT2D eigenvalue weighted by Crippen LogP contribution is 2.25. The van der Waals surface area contributed by atoms with Gasteiger partial charge in [-0.25, -0.2) is 4.79 Å². The van der Waals surface area contributed by atoms with E-state index in [9.17, 15) is 4.79 Å². The van der Waals surface area contributed by atoms with Crippen LogP contribution in [-0.2, 0) is 22.7 Å². The fourth-order valence-corrected chi connectivity index (χ4v) is 3.71. The summed E-state index contributed by atoms with van der Waals surface area (Å²) in [5.74, 6) is -0.256. The van der Waals surface area contributed by atoms with Crippen molar-refractivity contribution in [3.8, 4) is 0 Å². The molecule has 0 fully saturated rings. The van der Waals surface area contributed by atoms with Gasteiger partial charge in [0.2, 0.25) is 17.6 Å². The monoisotopic (exact) mass is 414 g/mol. The maximum atomic E-state index is 12.8. The summed E-state index contributed by atoms with van der Waals surface area (Å²) in [5.41, 5.74) is 5.16. The van der Waals surface area contributed by atoms with Crippen LogP contribution in [0, 0.1) is 0 Å². The number of hydrogen-bond donors (Lipinski definition) is 0. The molecule has 4 aromatic rings. The molecule has 0 spiro atoms. The third-order valence-electron chi connectivity index (χ3n) is 5.48. The molecule has 0 amide bonds. The number of pyridine rings is 1. The van der Waals surface area contributed by atoms with E-state index in [1.807, 2.05) is 58.5 Å². The van der Waals surface area contributed by atoms with Gasteiger partial charge in [-0.05, 0) is 35.9 Å². The van der Waals surface area contributed by atoms with Crippen molar-refractivity contribution in [3.63, 3.8) is 0 Å². The number of carbonyl (C=O) groups excluding carboxylic acids is 1. The van der Waals surface area contributed by atoms with Gasteiger partial charge in [-0.1, -0.05) is 30.3 Å². The number of fused-ring (bicyclic) bond motifs is 2. The Balaban J connectivity index is 1.78. The molecule has 0 saturated carbocycles. The number of nitrogens with zero attached hydrogens (tertiary/aromatic N) is 3. The Kier molecular flexibility index (Phi) is 5.76. The van der Waals surface area contributed by atoms with Crippen molar-refractivity contribution in [2.75, 3.05) is 38.0 Å². The van der Waals surface area contributed by atoms with Crippen molar-refractivity contribution >= 4 is 39.1 Å². The van der Waals surface area contributed by atoms with Crippen molar-refractivity contribution in [1.82, 2.24) is 0 Å². The second-order valence-corrected chi connectivity index (χ2v) is 8.15. The summed E-state index contributed by atoms with van der Waals surface area (Å²) in [6.45, 7) is 0.420. The summed E-state index contributed by atoms with van der Waals surface area (Å²) >= 11 is 0. The van der Waals surface area contributed by atoms with Crippen LogP contribution in [0.5, 0.6) is 0 Å². The molecule has 0 saturated heterocycles. The molecular formula is C26H28N3O2+. The lowest BCUT2D eigenvalue weighted by Crippen LogP contribution is -2.40. The minimum Gasteiger partial charge on any atom is -0.456 e. The molecule has 4 rings (SSSR count). The van der Waals surface area contributed by atoms with E-state index in [2.05, 4.69) is 56.8 Å². The lowest BCUT2D eigenvalue weighted by molar-refractivity contribution is -0.633. The van der Waals surface area contributed by atoms with E-state index in [-0.39, 0.29) is 19.1 Å². The third-order valence-corrected chi connectivity index (χ3v) is 5.48. The molecule has 0 aliphatic carbocycles. The van der Waals surface area contributed by atoms with E-state index in [0.29, 0.717) is 0 Å². The molecule has 1 aromatic heterocycles. The van der Waals surface area contributed by atoms with Gasteiger partial charge in [0, 0.05) is 62.5 Å². The maximum absolute atomic E-state index is 12.8. The molecule has 3 aromatic carbocycles. The molecule has 0 unspecified atom stereocenters. The van der Waals surface area contributed by atoms with Crippen molar-refractivity contribution in [3.05, 3.63) is 78.4 Å². The molecule has 0 radical (unpaired) electrons. The third kappa shape index (κ3) is 4.45. The van der Waals surface area contributed by atoms with Gasteiger partial charge in [0.15, 0.2) is 0 Å². The smallest absolute Gasteiger partial charge is 0.373 e. The van der Waals surface area contributed by atoms with Gasteiger partial charge in [0.25, 0.3) is 0 Å². The number of benzene rings is 3. The molecule has 0 atom stereocenters. The van der Waals surface area contributed by atoms with Gasteiger partial charge in [-0.15, -0.1) is 0 Å². The van der Waals surface area contributed by atoms with Gasteiger partial charge < -0.3 is 14.5 Å². The molecule has 5 heteroatoms. The van der Waals surface area contributed by atoms with Gasteiger partial charge >= 0.3 is 5.97 Å². The number of esters is 1. The molecule has 0 bridgehead atoms. The minimum atomic E-state index is -0.256. The highest BCUT2D eigenvalue weighted by molar-refractivity contribution is 5.92. The number of hydrogen-bond acceptors (Lipinski definition) is 4. The van der Waals surface area contributed by atoms with Crippen LogP contribution in [0.1, 0.15) is 5.56 Å². The van der Waals surface area contributed by atoms with Crippen molar-refractivity contribution < 1.29 is 14.1 Å². The Bertz CT molecular complexity index is 1170. The second kappa shape index (κ2) is 8.64. The molecule has 0 aliphatic heterocycles. The second-order valence-electron chi connectivity index (χ2n) is 8.15. The van der Waals surface area contributed by atoms with Gasteiger partial charge in [0.1, 0.15) is 6.61 Å². The van der Waals surface area contributed by atoms with E-state index < -0.39 is 0 Å². The quantitative estimate of drug-likeness (QED) is 0.270. The summed E-state index contributed by atoms with van der Waals surface area (Å²) in [5, 5.41) is 2.18. The Hall–Kier alpha value is -3.60. The van der Waals surface area contributed by atoms with E-state index in [4.69, 9.17) is 4.74 Å². The molecule has 158 valence electrons. The predicted molar refractivity (Wildman–Crippen MR) is 127 cm³/mol. The summed E-state index contributed by atoms with van der Waals surface area (Å²) in [6.07, 6.45) is 0. The first-order valence-electron chi connectivity index (χ1n) is 10.4. The average Bonchev–Trinajstić information content (AvgIpc) is 2.77. The van der Waals surface area contributed by atoms with Crippen LogP contribution in [0.15, 0.2) is 72.8 Å². The number of aromatic nitrogens is 1. The largest absolute Gasteiger partial charge is 0.456 e. The standard InChI is InChI=1S/C26H28N3O2/c1-27(2)22-12-10-20-14-21-11-13-23(28(3)4)16-25(21)29(24(20)15-22)17-26(30)31-18-19-8-6-5-7-9-19/h5-16H,17-18H2,1-4H3/q+1. The summed E-state index contributed by atoms with van der Waals surface area (Å²) < 4.78 is 7.67. The molecule has 31 heavy (non-hydrogen) atoms. The van der Waals surface area contributed by atoms with E-state index in [0.717, 1.165) is 38.7 Å². The van der Waals surface area contributed by atoms with E-state index in [1.54, 1.807) is 0 Å². The van der Waals surface area contributed by atoms with Crippen LogP contribution in [0.4, 0.5) is 11.4 Å². The van der Waals surface area contributed by atoms with Crippen LogP contribution >= 0.6 is 0 Å². The zero-order valence-corrected chi connectivity index (χ0v) is 18.5. The normalized spacial score (nSPS) is 11.0. The first kappa shape index (κ1) is 20.7. The Labute approximate surface area is 183 Å². The van der Waals surface area contributed by atoms with Crippen molar-refractivity contribution in [2.45, 2.75) is 13.2 Å². The number of anilines is 2. The Morgan fingerprint density at radius 2 is 1.32 bits per heavy atom. The predicted octanol–water partition coefficient (Wildman–Crippen LogP) is 4.16. The lowest BCUT2D eigenvalue weighted by atomic mass is 10.1. The lowest BCUT2D eigenvalue weighted by Gasteiger charge is -2.15. The van der Waals surface area contributed by atoms with Crippen LogP contribution in [0.25, 0.3) is 21.8 Å². The van der Waals surface area contributed by atoms with Crippen LogP contribution in [0.2, 0.25) is 0 Å². The minimum absolute atomic E-state index is 0.147. The van der Waals surface area contributed by atoms with Gasteiger partial charge in [-0.3, -0.25) is 0 Å². The Morgan fingerprint density at radius 1 is 0.774 bits per heavy atom.